The summed E-state index contributed by atoms with van der Waals surface area (Å²) in [5, 5.41) is 5.84. The Balaban J connectivity index is 4.33. The highest BCUT2D eigenvalue weighted by Crippen LogP contribution is 2.10. The van der Waals surface area contributed by atoms with Crippen molar-refractivity contribution >= 4 is 17.7 Å². The quantitative estimate of drug-likeness (QED) is 0.0559. The van der Waals surface area contributed by atoms with Crippen LogP contribution in [-0.4, -0.2) is 86.6 Å². The molecule has 0 aliphatic carbocycles. The first kappa shape index (κ1) is 40.2. The number of amides is 3. The van der Waals surface area contributed by atoms with Crippen LogP contribution in [0.4, 0.5) is 0 Å². The molecule has 248 valence electrons. The van der Waals surface area contributed by atoms with Gasteiger partial charge in [-0.3, -0.25) is 14.4 Å². The minimum Gasteiger partial charge on any atom is -0.355 e. The van der Waals surface area contributed by atoms with Gasteiger partial charge in [-0.1, -0.05) is 44.9 Å². The SMILES string of the molecule is NCCCCC(N)C(=O)NCCCCCCN(CCCCCCNC(=O)C(N)CCCCN)C(=O)C(N)CCCCN. The van der Waals surface area contributed by atoms with Crippen molar-refractivity contribution in [2.45, 2.75) is 127 Å². The van der Waals surface area contributed by atoms with Gasteiger partial charge in [0.1, 0.15) is 0 Å². The predicted octanol–water partition coefficient (Wildman–Crippen LogP) is 0.537. The van der Waals surface area contributed by atoms with Gasteiger partial charge in [-0.15, -0.1) is 0 Å². The minimum absolute atomic E-state index is 0.0128. The molecular formula is C30H65N9O3. The lowest BCUT2D eigenvalue weighted by atomic mass is 10.1. The lowest BCUT2D eigenvalue weighted by molar-refractivity contribution is -0.133. The fourth-order valence-electron chi connectivity index (χ4n) is 4.73. The van der Waals surface area contributed by atoms with Crippen molar-refractivity contribution in [1.82, 2.24) is 15.5 Å². The summed E-state index contributed by atoms with van der Waals surface area (Å²) in [6.45, 7) is 4.42. The summed E-state index contributed by atoms with van der Waals surface area (Å²) in [6.07, 6.45) is 14.6. The van der Waals surface area contributed by atoms with Crippen LogP contribution in [0.3, 0.4) is 0 Å². The number of nitrogens with one attached hydrogen (secondary N) is 2. The van der Waals surface area contributed by atoms with E-state index in [1.54, 1.807) is 0 Å². The van der Waals surface area contributed by atoms with Crippen LogP contribution in [0, 0.1) is 0 Å². The molecule has 0 saturated carbocycles. The monoisotopic (exact) mass is 600 g/mol. The molecule has 0 aliphatic rings. The van der Waals surface area contributed by atoms with Crippen LogP contribution in [0.2, 0.25) is 0 Å². The lowest BCUT2D eigenvalue weighted by Crippen LogP contribution is -2.44. The Morgan fingerprint density at radius 1 is 0.476 bits per heavy atom. The summed E-state index contributed by atoms with van der Waals surface area (Å²) < 4.78 is 0. The third kappa shape index (κ3) is 21.8. The average molecular weight is 600 g/mol. The lowest BCUT2D eigenvalue weighted by Gasteiger charge is -2.26. The molecule has 0 fully saturated rings. The summed E-state index contributed by atoms with van der Waals surface area (Å²) in [6, 6.07) is -1.44. The van der Waals surface area contributed by atoms with Crippen molar-refractivity contribution in [3.05, 3.63) is 0 Å². The van der Waals surface area contributed by atoms with Gasteiger partial charge in [0.15, 0.2) is 0 Å². The number of hydrogen-bond donors (Lipinski definition) is 8. The third-order valence-corrected chi connectivity index (χ3v) is 7.52. The van der Waals surface area contributed by atoms with Gasteiger partial charge in [0.2, 0.25) is 17.7 Å². The average Bonchev–Trinajstić information content (AvgIpc) is 2.98. The van der Waals surface area contributed by atoms with E-state index in [1.807, 2.05) is 4.90 Å². The van der Waals surface area contributed by atoms with Crippen LogP contribution in [0.15, 0.2) is 0 Å². The second-order valence-corrected chi connectivity index (χ2v) is 11.4. The van der Waals surface area contributed by atoms with Crippen LogP contribution >= 0.6 is 0 Å². The number of carbonyl (C=O) groups is 3. The molecule has 0 aliphatic heterocycles. The topological polar surface area (TPSA) is 235 Å². The maximum atomic E-state index is 13.1. The van der Waals surface area contributed by atoms with E-state index in [2.05, 4.69) is 10.6 Å². The Labute approximate surface area is 255 Å². The molecule has 0 spiro atoms. The van der Waals surface area contributed by atoms with Crippen molar-refractivity contribution in [1.29, 1.82) is 0 Å². The number of unbranched alkanes of at least 4 members (excludes halogenated alkanes) is 9. The first-order chi connectivity index (χ1) is 20.3. The van der Waals surface area contributed by atoms with Gasteiger partial charge in [0.05, 0.1) is 18.1 Å². The number of carbonyl (C=O) groups excluding carboxylic acids is 3. The third-order valence-electron chi connectivity index (χ3n) is 7.52. The fourth-order valence-corrected chi connectivity index (χ4v) is 4.73. The number of nitrogens with two attached hydrogens (primary N) is 6. The second kappa shape index (κ2) is 28.0. The van der Waals surface area contributed by atoms with Crippen molar-refractivity contribution in [2.75, 3.05) is 45.8 Å². The Kier molecular flexibility index (Phi) is 26.8. The van der Waals surface area contributed by atoms with E-state index in [0.29, 0.717) is 65.1 Å². The molecule has 0 aromatic heterocycles. The second-order valence-electron chi connectivity index (χ2n) is 11.4. The van der Waals surface area contributed by atoms with Crippen molar-refractivity contribution < 1.29 is 14.4 Å². The van der Waals surface area contributed by atoms with E-state index >= 15 is 0 Å². The highest BCUT2D eigenvalue weighted by molar-refractivity contribution is 5.82. The summed E-state index contributed by atoms with van der Waals surface area (Å²) in [5.41, 5.74) is 34.7. The summed E-state index contributed by atoms with van der Waals surface area (Å²) in [5.74, 6) is -0.188. The molecule has 0 aromatic carbocycles. The van der Waals surface area contributed by atoms with Crippen molar-refractivity contribution in [2.24, 2.45) is 34.4 Å². The van der Waals surface area contributed by atoms with E-state index in [1.165, 1.54) is 0 Å². The Hall–Kier alpha value is -1.83. The smallest absolute Gasteiger partial charge is 0.239 e. The number of nitrogens with zero attached hydrogens (tertiary/aromatic N) is 1. The Morgan fingerprint density at radius 2 is 0.833 bits per heavy atom. The van der Waals surface area contributed by atoms with Gasteiger partial charge in [-0.05, 0) is 83.8 Å². The fraction of sp³-hybridized carbons (Fsp3) is 0.900. The van der Waals surface area contributed by atoms with Crippen molar-refractivity contribution in [3.8, 4) is 0 Å². The molecule has 12 nitrogen and oxygen atoms in total. The molecule has 0 aromatic rings. The zero-order valence-electron chi connectivity index (χ0n) is 26.3. The van der Waals surface area contributed by atoms with E-state index in [0.717, 1.165) is 89.9 Å². The molecule has 3 atom stereocenters. The van der Waals surface area contributed by atoms with Crippen LogP contribution in [-0.2, 0) is 14.4 Å². The van der Waals surface area contributed by atoms with Gasteiger partial charge < -0.3 is 49.9 Å². The first-order valence-corrected chi connectivity index (χ1v) is 16.5. The molecule has 12 heteroatoms. The van der Waals surface area contributed by atoms with Crippen LogP contribution in [0.1, 0.15) is 109 Å². The molecule has 3 unspecified atom stereocenters. The summed E-state index contributed by atoms with van der Waals surface area (Å²) >= 11 is 0. The minimum atomic E-state index is -0.495. The van der Waals surface area contributed by atoms with E-state index in [4.69, 9.17) is 34.4 Å². The maximum Gasteiger partial charge on any atom is 0.239 e. The zero-order chi connectivity index (χ0) is 31.4. The Bertz CT molecular complexity index is 642. The highest BCUT2D eigenvalue weighted by Gasteiger charge is 2.20. The van der Waals surface area contributed by atoms with Gasteiger partial charge in [-0.25, -0.2) is 0 Å². The van der Waals surface area contributed by atoms with Crippen LogP contribution in [0.25, 0.3) is 0 Å². The molecule has 0 radical (unpaired) electrons. The maximum absolute atomic E-state index is 13.1. The standard InChI is InChI=1S/C30H65N9O3/c31-18-8-5-15-25(34)28(40)37-21-11-1-3-13-23-39(30(42)27(36)17-7-10-20-33)24-14-4-2-12-22-38-29(41)26(35)16-6-9-19-32/h25-27H,1-24,31-36H2,(H,37,40)(H,38,41). The predicted molar refractivity (Wildman–Crippen MR) is 172 cm³/mol. The van der Waals surface area contributed by atoms with Crippen LogP contribution in [0.5, 0.6) is 0 Å². The van der Waals surface area contributed by atoms with Gasteiger partial charge in [0.25, 0.3) is 0 Å². The van der Waals surface area contributed by atoms with Gasteiger partial charge >= 0.3 is 0 Å². The van der Waals surface area contributed by atoms with E-state index < -0.39 is 18.1 Å². The Morgan fingerprint density at radius 3 is 1.21 bits per heavy atom. The zero-order valence-corrected chi connectivity index (χ0v) is 26.3. The molecule has 14 N–H and O–H groups in total. The first-order valence-electron chi connectivity index (χ1n) is 16.5. The molecule has 0 saturated heterocycles. The van der Waals surface area contributed by atoms with Gasteiger partial charge in [0, 0.05) is 26.2 Å². The van der Waals surface area contributed by atoms with E-state index in [9.17, 15) is 14.4 Å². The summed E-state index contributed by atoms with van der Waals surface area (Å²) in [4.78, 5) is 39.1. The molecule has 0 rings (SSSR count). The number of rotatable bonds is 29. The molecule has 0 bridgehead atoms. The molecule has 0 heterocycles. The normalized spacial score (nSPS) is 13.4. The van der Waals surface area contributed by atoms with E-state index in [-0.39, 0.29) is 17.7 Å². The number of hydrogen-bond acceptors (Lipinski definition) is 9. The van der Waals surface area contributed by atoms with Gasteiger partial charge in [-0.2, -0.15) is 0 Å². The largest absolute Gasteiger partial charge is 0.355 e. The highest BCUT2D eigenvalue weighted by atomic mass is 16.2. The molecule has 3 amide bonds. The molecular weight excluding hydrogens is 534 g/mol. The summed E-state index contributed by atoms with van der Waals surface area (Å²) in [7, 11) is 0. The molecule has 42 heavy (non-hydrogen) atoms. The van der Waals surface area contributed by atoms with Crippen LogP contribution < -0.4 is 45.0 Å². The van der Waals surface area contributed by atoms with Crippen molar-refractivity contribution in [3.63, 3.8) is 0 Å².